The van der Waals surface area contributed by atoms with E-state index in [9.17, 15) is 13.2 Å². The second-order valence-electron chi connectivity index (χ2n) is 4.44. The molecule has 0 bridgehead atoms. The molecule has 7 heteroatoms. The average molecular weight is 309 g/mol. The van der Waals surface area contributed by atoms with E-state index in [1.54, 1.807) is 6.20 Å². The number of alkyl halides is 3. The number of fused-ring (bicyclic) bond motifs is 1. The first-order valence-corrected chi connectivity index (χ1v) is 6.92. The van der Waals surface area contributed by atoms with Crippen LogP contribution in [0.2, 0.25) is 0 Å². The fraction of sp³-hybridized carbons (Fsp3) is 0.143. The Hall–Kier alpha value is -2.15. The van der Waals surface area contributed by atoms with E-state index in [4.69, 9.17) is 0 Å². The molecule has 2 aromatic heterocycles. The molecule has 3 rings (SSSR count). The normalized spacial score (nSPS) is 11.8. The van der Waals surface area contributed by atoms with Crippen molar-refractivity contribution in [3.8, 4) is 0 Å². The first kappa shape index (κ1) is 13.8. The Morgan fingerprint density at radius 3 is 2.57 bits per heavy atom. The van der Waals surface area contributed by atoms with E-state index >= 15 is 0 Å². The third kappa shape index (κ3) is 2.97. The molecule has 0 radical (unpaired) electrons. The van der Waals surface area contributed by atoms with Gasteiger partial charge in [0.2, 0.25) is 0 Å². The number of nitrogens with one attached hydrogen (secondary N) is 1. The SMILES string of the molecule is FC(F)(F)c1ccc(CNc2nsc3ncccc23)cc1. The van der Waals surface area contributed by atoms with Crippen LogP contribution in [-0.4, -0.2) is 9.36 Å². The van der Waals surface area contributed by atoms with E-state index in [-0.39, 0.29) is 0 Å². The summed E-state index contributed by atoms with van der Waals surface area (Å²) in [7, 11) is 0. The molecule has 0 amide bonds. The fourth-order valence-corrected chi connectivity index (χ4v) is 2.62. The average Bonchev–Trinajstić information content (AvgIpc) is 2.88. The lowest BCUT2D eigenvalue weighted by Crippen LogP contribution is -2.05. The Bertz CT molecular complexity index is 750. The van der Waals surface area contributed by atoms with Crippen molar-refractivity contribution in [3.05, 3.63) is 53.7 Å². The number of pyridine rings is 1. The maximum atomic E-state index is 12.5. The van der Waals surface area contributed by atoms with Crippen LogP contribution in [0, 0.1) is 0 Å². The second kappa shape index (κ2) is 5.33. The van der Waals surface area contributed by atoms with Gasteiger partial charge in [-0.05, 0) is 41.4 Å². The predicted molar refractivity (Wildman–Crippen MR) is 76.2 cm³/mol. The van der Waals surface area contributed by atoms with Crippen LogP contribution < -0.4 is 5.32 Å². The smallest absolute Gasteiger partial charge is 0.365 e. The van der Waals surface area contributed by atoms with Crippen molar-refractivity contribution >= 4 is 27.6 Å². The van der Waals surface area contributed by atoms with E-state index < -0.39 is 11.7 Å². The summed E-state index contributed by atoms with van der Waals surface area (Å²) in [6.45, 7) is 0.409. The zero-order valence-corrected chi connectivity index (χ0v) is 11.5. The minimum atomic E-state index is -4.30. The van der Waals surface area contributed by atoms with Gasteiger partial charge in [0.05, 0.1) is 10.9 Å². The van der Waals surface area contributed by atoms with Crippen LogP contribution in [0.3, 0.4) is 0 Å². The highest BCUT2D eigenvalue weighted by Crippen LogP contribution is 2.29. The van der Waals surface area contributed by atoms with Crippen LogP contribution in [0.15, 0.2) is 42.6 Å². The monoisotopic (exact) mass is 309 g/mol. The number of aromatic nitrogens is 2. The molecule has 3 nitrogen and oxygen atoms in total. The van der Waals surface area contributed by atoms with Crippen LogP contribution in [0.5, 0.6) is 0 Å². The molecule has 0 atom stereocenters. The molecule has 0 saturated carbocycles. The zero-order valence-electron chi connectivity index (χ0n) is 10.7. The van der Waals surface area contributed by atoms with Crippen LogP contribution >= 0.6 is 11.5 Å². The number of halogens is 3. The van der Waals surface area contributed by atoms with Crippen molar-refractivity contribution in [1.29, 1.82) is 0 Å². The van der Waals surface area contributed by atoms with E-state index in [1.165, 1.54) is 23.7 Å². The zero-order chi connectivity index (χ0) is 14.9. The summed E-state index contributed by atoms with van der Waals surface area (Å²) >= 11 is 1.28. The topological polar surface area (TPSA) is 37.8 Å². The van der Waals surface area contributed by atoms with Crippen LogP contribution in [0.25, 0.3) is 10.2 Å². The highest BCUT2D eigenvalue weighted by Gasteiger charge is 2.29. The number of nitrogens with zero attached hydrogens (tertiary/aromatic N) is 2. The lowest BCUT2D eigenvalue weighted by atomic mass is 10.1. The molecule has 0 fully saturated rings. The summed E-state index contributed by atoms with van der Waals surface area (Å²) in [6, 6.07) is 8.81. The van der Waals surface area contributed by atoms with Crippen LogP contribution in [0.1, 0.15) is 11.1 Å². The standard InChI is InChI=1S/C14H10F3N3S/c15-14(16,17)10-5-3-9(4-6-10)8-19-12-11-2-1-7-18-13(11)21-20-12/h1-7H,8H2,(H,19,20). The summed E-state index contributed by atoms with van der Waals surface area (Å²) in [5.41, 5.74) is 0.114. The highest BCUT2D eigenvalue weighted by molar-refractivity contribution is 7.13. The van der Waals surface area contributed by atoms with Gasteiger partial charge in [0.15, 0.2) is 0 Å². The van der Waals surface area contributed by atoms with E-state index in [0.717, 1.165) is 27.9 Å². The number of rotatable bonds is 3. The molecular formula is C14H10F3N3S. The highest BCUT2D eigenvalue weighted by atomic mass is 32.1. The van der Waals surface area contributed by atoms with E-state index in [0.29, 0.717) is 12.4 Å². The summed E-state index contributed by atoms with van der Waals surface area (Å²) in [5, 5.41) is 4.03. The summed E-state index contributed by atoms with van der Waals surface area (Å²) in [4.78, 5) is 5.01. The van der Waals surface area contributed by atoms with Gasteiger partial charge in [-0.3, -0.25) is 0 Å². The predicted octanol–water partition coefficient (Wildman–Crippen LogP) is 4.32. The molecule has 1 aromatic carbocycles. The number of benzene rings is 1. The molecule has 1 N–H and O–H groups in total. The Morgan fingerprint density at radius 1 is 1.10 bits per heavy atom. The van der Waals surface area contributed by atoms with Crippen molar-refractivity contribution in [2.24, 2.45) is 0 Å². The van der Waals surface area contributed by atoms with Crippen molar-refractivity contribution < 1.29 is 13.2 Å². The van der Waals surface area contributed by atoms with Gasteiger partial charge in [0, 0.05) is 12.7 Å². The number of anilines is 1. The van der Waals surface area contributed by atoms with Gasteiger partial charge < -0.3 is 5.32 Å². The van der Waals surface area contributed by atoms with Gasteiger partial charge in [-0.25, -0.2) is 4.98 Å². The Balaban J connectivity index is 1.73. The van der Waals surface area contributed by atoms with E-state index in [2.05, 4.69) is 14.7 Å². The van der Waals surface area contributed by atoms with Crippen LogP contribution in [0.4, 0.5) is 19.0 Å². The van der Waals surface area contributed by atoms with Crippen molar-refractivity contribution in [1.82, 2.24) is 9.36 Å². The first-order chi connectivity index (χ1) is 10.0. The Labute approximate surface area is 122 Å². The molecule has 21 heavy (non-hydrogen) atoms. The molecule has 108 valence electrons. The van der Waals surface area contributed by atoms with Crippen molar-refractivity contribution in [3.63, 3.8) is 0 Å². The molecule has 3 aromatic rings. The third-order valence-electron chi connectivity index (χ3n) is 2.99. The van der Waals surface area contributed by atoms with E-state index in [1.807, 2.05) is 12.1 Å². The molecule has 0 unspecified atom stereocenters. The molecule has 0 aliphatic heterocycles. The van der Waals surface area contributed by atoms with Gasteiger partial charge >= 0.3 is 6.18 Å². The van der Waals surface area contributed by atoms with Gasteiger partial charge in [-0.1, -0.05) is 12.1 Å². The quantitative estimate of drug-likeness (QED) is 0.783. The lowest BCUT2D eigenvalue weighted by Gasteiger charge is -2.08. The van der Waals surface area contributed by atoms with Crippen molar-refractivity contribution in [2.75, 3.05) is 5.32 Å². The molecule has 0 aliphatic carbocycles. The van der Waals surface area contributed by atoms with Crippen LogP contribution in [-0.2, 0) is 12.7 Å². The second-order valence-corrected chi connectivity index (χ2v) is 5.19. The Morgan fingerprint density at radius 2 is 1.86 bits per heavy atom. The van der Waals surface area contributed by atoms with Gasteiger partial charge in [-0.15, -0.1) is 0 Å². The maximum absolute atomic E-state index is 12.5. The molecule has 0 saturated heterocycles. The summed E-state index contributed by atoms with van der Waals surface area (Å²) < 4.78 is 41.7. The molecule has 0 spiro atoms. The molecule has 0 aliphatic rings. The largest absolute Gasteiger partial charge is 0.416 e. The lowest BCUT2D eigenvalue weighted by molar-refractivity contribution is -0.137. The number of hydrogen-bond acceptors (Lipinski definition) is 4. The molecular weight excluding hydrogens is 299 g/mol. The minimum Gasteiger partial charge on any atom is -0.365 e. The molecule has 2 heterocycles. The van der Waals surface area contributed by atoms with Gasteiger partial charge in [0.25, 0.3) is 0 Å². The Kier molecular flexibility index (Phi) is 3.50. The number of hydrogen-bond donors (Lipinski definition) is 1. The minimum absolute atomic E-state index is 0.409. The van der Waals surface area contributed by atoms with Gasteiger partial charge in [0.1, 0.15) is 10.6 Å². The van der Waals surface area contributed by atoms with Crippen molar-refractivity contribution in [2.45, 2.75) is 12.7 Å². The maximum Gasteiger partial charge on any atom is 0.416 e. The fourth-order valence-electron chi connectivity index (χ4n) is 1.91. The summed E-state index contributed by atoms with van der Waals surface area (Å²) in [6.07, 6.45) is -2.61. The third-order valence-corrected chi connectivity index (χ3v) is 3.76. The first-order valence-electron chi connectivity index (χ1n) is 6.14. The van der Waals surface area contributed by atoms with Gasteiger partial charge in [-0.2, -0.15) is 17.5 Å². The summed E-state index contributed by atoms with van der Waals surface area (Å²) in [5.74, 6) is 0.697.